The molecule has 2 amide bonds. The van der Waals surface area contributed by atoms with E-state index in [1.54, 1.807) is 6.07 Å². The summed E-state index contributed by atoms with van der Waals surface area (Å²) in [6, 6.07) is 7.08. The maximum absolute atomic E-state index is 12.5. The molecular formula is C17H21ClN2O3. The summed E-state index contributed by atoms with van der Waals surface area (Å²) in [5.74, 6) is 0.708. The number of nitrogens with zero attached hydrogens (tertiary/aromatic N) is 1. The molecule has 2 fully saturated rings. The van der Waals surface area contributed by atoms with E-state index in [4.69, 9.17) is 16.3 Å². The van der Waals surface area contributed by atoms with Gasteiger partial charge in [0.1, 0.15) is 17.9 Å². The van der Waals surface area contributed by atoms with Crippen LogP contribution in [0.3, 0.4) is 0 Å². The summed E-state index contributed by atoms with van der Waals surface area (Å²) in [6.07, 6.45) is 3.67. The third-order valence-electron chi connectivity index (χ3n) is 4.41. The minimum atomic E-state index is -0.350. The number of rotatable bonds is 3. The van der Waals surface area contributed by atoms with Crippen LogP contribution in [0.2, 0.25) is 5.02 Å². The van der Waals surface area contributed by atoms with Gasteiger partial charge in [-0.2, -0.15) is 0 Å². The second-order valence-electron chi connectivity index (χ2n) is 6.09. The Morgan fingerprint density at radius 2 is 1.96 bits per heavy atom. The number of piperidine rings is 2. The van der Waals surface area contributed by atoms with Crippen LogP contribution in [0.4, 0.5) is 0 Å². The maximum Gasteiger partial charge on any atom is 0.245 e. The molecule has 23 heavy (non-hydrogen) atoms. The maximum atomic E-state index is 12.5. The van der Waals surface area contributed by atoms with E-state index >= 15 is 0 Å². The molecule has 2 aliphatic heterocycles. The Morgan fingerprint density at radius 3 is 2.65 bits per heavy atom. The van der Waals surface area contributed by atoms with Gasteiger partial charge in [-0.3, -0.25) is 9.59 Å². The molecule has 6 heteroatoms. The molecule has 0 bridgehead atoms. The largest absolute Gasteiger partial charge is 0.489 e. The van der Waals surface area contributed by atoms with Crippen LogP contribution in [0.25, 0.3) is 0 Å². The van der Waals surface area contributed by atoms with E-state index < -0.39 is 0 Å². The molecular weight excluding hydrogens is 316 g/mol. The van der Waals surface area contributed by atoms with Crippen molar-refractivity contribution in [2.45, 2.75) is 44.2 Å². The highest BCUT2D eigenvalue weighted by molar-refractivity contribution is 6.32. The second-order valence-corrected chi connectivity index (χ2v) is 6.49. The molecule has 1 aromatic rings. The van der Waals surface area contributed by atoms with Gasteiger partial charge in [-0.15, -0.1) is 0 Å². The Labute approximate surface area is 140 Å². The molecule has 0 spiro atoms. The number of benzene rings is 1. The lowest BCUT2D eigenvalue weighted by Crippen LogP contribution is -2.53. The van der Waals surface area contributed by atoms with Gasteiger partial charge in [-0.05, 0) is 25.0 Å². The Balaban J connectivity index is 1.51. The first-order chi connectivity index (χ1) is 11.1. The Hall–Kier alpha value is -1.75. The predicted molar refractivity (Wildman–Crippen MR) is 87.5 cm³/mol. The van der Waals surface area contributed by atoms with Crippen LogP contribution in [0.1, 0.15) is 32.1 Å². The van der Waals surface area contributed by atoms with Gasteiger partial charge in [-0.1, -0.05) is 23.7 Å². The molecule has 5 nitrogen and oxygen atoms in total. The number of hydrogen-bond acceptors (Lipinski definition) is 3. The first kappa shape index (κ1) is 16.1. The minimum Gasteiger partial charge on any atom is -0.489 e. The van der Waals surface area contributed by atoms with Crippen molar-refractivity contribution in [3.8, 4) is 5.75 Å². The number of halogens is 1. The van der Waals surface area contributed by atoms with Gasteiger partial charge in [0.05, 0.1) is 5.02 Å². The average Bonchev–Trinajstić information content (AvgIpc) is 2.57. The number of ether oxygens (including phenoxy) is 1. The lowest BCUT2D eigenvalue weighted by atomic mass is 10.0. The third kappa shape index (κ3) is 3.96. The normalized spacial score (nSPS) is 22.6. The molecule has 0 saturated carbocycles. The van der Waals surface area contributed by atoms with Gasteiger partial charge in [0.15, 0.2) is 0 Å². The van der Waals surface area contributed by atoms with Crippen LogP contribution in [0, 0.1) is 0 Å². The van der Waals surface area contributed by atoms with Crippen LogP contribution in [0.15, 0.2) is 24.3 Å². The predicted octanol–water partition coefficient (Wildman–Crippen LogP) is 2.38. The number of hydrogen-bond donors (Lipinski definition) is 1. The molecule has 1 aromatic carbocycles. The number of carbonyl (C=O) groups excluding carboxylic acids is 2. The summed E-state index contributed by atoms with van der Waals surface area (Å²) < 4.78 is 5.94. The number of carbonyl (C=O) groups is 2. The minimum absolute atomic E-state index is 0.0217. The van der Waals surface area contributed by atoms with Crippen LogP contribution in [-0.2, 0) is 9.59 Å². The SMILES string of the molecule is O=C1CCC[C@H](C(=O)N2CCC(Oc3ccccc3Cl)CC2)N1. The standard InChI is InChI=1S/C17H21ClN2O3/c18-13-4-1-2-6-15(13)23-12-8-10-20(11-9-12)17(22)14-5-3-7-16(21)19-14/h1-2,4,6,12,14H,3,5,7-11H2,(H,19,21)/t14-/m1/s1. The van der Waals surface area contributed by atoms with Crippen molar-refractivity contribution in [3.63, 3.8) is 0 Å². The molecule has 0 aromatic heterocycles. The van der Waals surface area contributed by atoms with Crippen molar-refractivity contribution >= 4 is 23.4 Å². The molecule has 2 saturated heterocycles. The second kappa shape index (κ2) is 7.21. The smallest absolute Gasteiger partial charge is 0.245 e. The highest BCUT2D eigenvalue weighted by Crippen LogP contribution is 2.27. The summed E-state index contributed by atoms with van der Waals surface area (Å²) in [7, 11) is 0. The van der Waals surface area contributed by atoms with Gasteiger partial charge in [0, 0.05) is 32.4 Å². The van der Waals surface area contributed by atoms with Crippen molar-refractivity contribution < 1.29 is 14.3 Å². The van der Waals surface area contributed by atoms with Crippen LogP contribution >= 0.6 is 11.6 Å². The van der Waals surface area contributed by atoms with Crippen molar-refractivity contribution in [3.05, 3.63) is 29.3 Å². The molecule has 124 valence electrons. The highest BCUT2D eigenvalue weighted by Gasteiger charge is 2.31. The summed E-state index contributed by atoms with van der Waals surface area (Å²) in [5.41, 5.74) is 0. The van der Waals surface area contributed by atoms with Crippen LogP contribution in [0.5, 0.6) is 5.75 Å². The fourth-order valence-corrected chi connectivity index (χ4v) is 3.31. The van der Waals surface area contributed by atoms with E-state index in [1.165, 1.54) is 0 Å². The Kier molecular flexibility index (Phi) is 5.06. The lowest BCUT2D eigenvalue weighted by Gasteiger charge is -2.35. The highest BCUT2D eigenvalue weighted by atomic mass is 35.5. The fourth-order valence-electron chi connectivity index (χ4n) is 3.12. The summed E-state index contributed by atoms with van der Waals surface area (Å²) in [5, 5.41) is 3.40. The molecule has 0 radical (unpaired) electrons. The molecule has 1 atom stereocenters. The number of nitrogens with one attached hydrogen (secondary N) is 1. The zero-order chi connectivity index (χ0) is 16.2. The van der Waals surface area contributed by atoms with Gasteiger partial charge in [-0.25, -0.2) is 0 Å². The van der Waals surface area contributed by atoms with E-state index in [9.17, 15) is 9.59 Å². The molecule has 2 aliphatic rings. The van der Waals surface area contributed by atoms with E-state index in [-0.39, 0.29) is 24.0 Å². The van der Waals surface area contributed by atoms with E-state index in [1.807, 2.05) is 23.1 Å². The number of amides is 2. The molecule has 0 aliphatic carbocycles. The zero-order valence-electron chi connectivity index (χ0n) is 13.0. The van der Waals surface area contributed by atoms with Gasteiger partial charge in [0.25, 0.3) is 0 Å². The van der Waals surface area contributed by atoms with E-state index in [2.05, 4.69) is 5.32 Å². The monoisotopic (exact) mass is 336 g/mol. The third-order valence-corrected chi connectivity index (χ3v) is 4.73. The molecule has 1 N–H and O–H groups in total. The quantitative estimate of drug-likeness (QED) is 0.922. The Morgan fingerprint density at radius 1 is 1.22 bits per heavy atom. The number of para-hydroxylation sites is 1. The lowest BCUT2D eigenvalue weighted by molar-refractivity contribution is -0.139. The van der Waals surface area contributed by atoms with Gasteiger partial charge >= 0.3 is 0 Å². The summed E-state index contributed by atoms with van der Waals surface area (Å²) in [6.45, 7) is 1.31. The molecule has 3 rings (SSSR count). The van der Waals surface area contributed by atoms with Crippen molar-refractivity contribution in [1.29, 1.82) is 0 Å². The molecule has 2 heterocycles. The fraction of sp³-hybridized carbons (Fsp3) is 0.529. The first-order valence-electron chi connectivity index (χ1n) is 8.13. The summed E-state index contributed by atoms with van der Waals surface area (Å²) >= 11 is 6.11. The Bertz CT molecular complexity index is 585. The van der Waals surface area contributed by atoms with Gasteiger partial charge in [0.2, 0.25) is 11.8 Å². The summed E-state index contributed by atoms with van der Waals surface area (Å²) in [4.78, 5) is 25.7. The van der Waals surface area contributed by atoms with Gasteiger partial charge < -0.3 is 15.0 Å². The first-order valence-corrected chi connectivity index (χ1v) is 8.50. The molecule has 0 unspecified atom stereocenters. The average molecular weight is 337 g/mol. The van der Waals surface area contributed by atoms with Crippen LogP contribution in [-0.4, -0.2) is 41.9 Å². The number of likely N-dealkylation sites (tertiary alicyclic amines) is 1. The van der Waals surface area contributed by atoms with Crippen LogP contribution < -0.4 is 10.1 Å². The topological polar surface area (TPSA) is 58.6 Å². The van der Waals surface area contributed by atoms with Crippen molar-refractivity contribution in [2.75, 3.05) is 13.1 Å². The van der Waals surface area contributed by atoms with Crippen molar-refractivity contribution in [2.24, 2.45) is 0 Å². The van der Waals surface area contributed by atoms with E-state index in [0.717, 1.165) is 25.7 Å². The van der Waals surface area contributed by atoms with Crippen molar-refractivity contribution in [1.82, 2.24) is 10.2 Å². The van der Waals surface area contributed by atoms with E-state index in [0.29, 0.717) is 30.3 Å². The zero-order valence-corrected chi connectivity index (χ0v) is 13.7.